The summed E-state index contributed by atoms with van der Waals surface area (Å²) in [5.41, 5.74) is 3.85. The van der Waals surface area contributed by atoms with E-state index in [0.29, 0.717) is 17.8 Å². The number of carbonyl (C=O) groups is 2. The predicted molar refractivity (Wildman–Crippen MR) is 77.4 cm³/mol. The van der Waals surface area contributed by atoms with Crippen molar-refractivity contribution in [3.8, 4) is 0 Å². The second-order valence-electron chi connectivity index (χ2n) is 4.77. The molecule has 2 amide bonds. The molecule has 110 valence electrons. The largest absolute Gasteiger partial charge is 0.343 e. The summed E-state index contributed by atoms with van der Waals surface area (Å²) >= 11 is 0. The maximum Gasteiger partial charge on any atom is 0.273 e. The Morgan fingerprint density at radius 1 is 1.33 bits per heavy atom. The normalized spacial score (nSPS) is 10.2. The van der Waals surface area contributed by atoms with Crippen LogP contribution in [0.4, 0.5) is 0 Å². The van der Waals surface area contributed by atoms with Gasteiger partial charge in [0, 0.05) is 25.9 Å². The number of carbonyl (C=O) groups excluding carboxylic acids is 2. The first kappa shape index (κ1) is 14.7. The zero-order valence-corrected chi connectivity index (χ0v) is 11.9. The quantitative estimate of drug-likeness (QED) is 0.478. The third kappa shape index (κ3) is 3.46. The number of nitrogens with two attached hydrogens (primary N) is 1. The Kier molecular flexibility index (Phi) is 4.34. The molecular weight excluding hydrogens is 270 g/mol. The Labute approximate surface area is 122 Å². The first-order chi connectivity index (χ1) is 10.0. The highest BCUT2D eigenvalue weighted by Gasteiger charge is 2.11. The molecule has 1 heterocycles. The highest BCUT2D eigenvalue weighted by molar-refractivity contribution is 5.94. The molecule has 1 aromatic heterocycles. The molecule has 0 saturated heterocycles. The Hall–Kier alpha value is -2.67. The minimum Gasteiger partial charge on any atom is -0.343 e. The van der Waals surface area contributed by atoms with E-state index < -0.39 is 0 Å². The summed E-state index contributed by atoms with van der Waals surface area (Å²) in [6.07, 6.45) is 1.73. The summed E-state index contributed by atoms with van der Waals surface area (Å²) in [6, 6.07) is 8.73. The summed E-state index contributed by atoms with van der Waals surface area (Å²) in [4.78, 5) is 24.7. The molecule has 0 radical (unpaired) electrons. The number of nitrogens with zero attached hydrogens (tertiary/aromatic N) is 3. The lowest BCUT2D eigenvalue weighted by Crippen LogP contribution is -2.30. The van der Waals surface area contributed by atoms with Gasteiger partial charge in [-0.1, -0.05) is 12.1 Å². The molecule has 2 aromatic rings. The van der Waals surface area contributed by atoms with E-state index in [1.807, 2.05) is 6.07 Å². The SMILES string of the molecule is CN(C)C(=O)c1ccn(Cc2cccc(C(=O)NN)c2)n1. The molecule has 7 heteroatoms. The molecule has 0 aliphatic carbocycles. The summed E-state index contributed by atoms with van der Waals surface area (Å²) in [6.45, 7) is 0.465. The number of hydrogen-bond acceptors (Lipinski definition) is 4. The van der Waals surface area contributed by atoms with Crippen LogP contribution in [-0.2, 0) is 6.54 Å². The maximum atomic E-state index is 11.8. The number of amides is 2. The topological polar surface area (TPSA) is 93.2 Å². The van der Waals surface area contributed by atoms with Gasteiger partial charge in [0.1, 0.15) is 5.69 Å². The van der Waals surface area contributed by atoms with E-state index >= 15 is 0 Å². The Morgan fingerprint density at radius 2 is 2.10 bits per heavy atom. The van der Waals surface area contributed by atoms with Gasteiger partial charge in [0.25, 0.3) is 11.8 Å². The van der Waals surface area contributed by atoms with Crippen LogP contribution in [0.3, 0.4) is 0 Å². The fourth-order valence-corrected chi connectivity index (χ4v) is 1.87. The van der Waals surface area contributed by atoms with E-state index in [1.54, 1.807) is 49.2 Å². The smallest absolute Gasteiger partial charge is 0.273 e. The molecule has 1 aromatic carbocycles. The molecule has 0 bridgehead atoms. The van der Waals surface area contributed by atoms with Gasteiger partial charge in [-0.05, 0) is 23.8 Å². The fourth-order valence-electron chi connectivity index (χ4n) is 1.87. The van der Waals surface area contributed by atoms with Crippen LogP contribution in [0.5, 0.6) is 0 Å². The molecule has 7 nitrogen and oxygen atoms in total. The van der Waals surface area contributed by atoms with E-state index in [9.17, 15) is 9.59 Å². The number of nitrogen functional groups attached to an aromatic ring is 1. The van der Waals surface area contributed by atoms with Gasteiger partial charge in [0.2, 0.25) is 0 Å². The van der Waals surface area contributed by atoms with Gasteiger partial charge < -0.3 is 4.90 Å². The molecule has 0 unspecified atom stereocenters. The standard InChI is InChI=1S/C14H17N5O2/c1-18(2)14(21)12-6-7-19(17-12)9-10-4-3-5-11(8-10)13(20)16-15/h3-8H,9,15H2,1-2H3,(H,16,20). The van der Waals surface area contributed by atoms with Gasteiger partial charge in [0.15, 0.2) is 0 Å². The Morgan fingerprint density at radius 3 is 2.76 bits per heavy atom. The molecule has 0 saturated carbocycles. The van der Waals surface area contributed by atoms with Crippen molar-refractivity contribution in [2.75, 3.05) is 14.1 Å². The van der Waals surface area contributed by atoms with Crippen molar-refractivity contribution in [2.24, 2.45) is 5.84 Å². The number of hydrazine groups is 1. The molecule has 0 aliphatic heterocycles. The van der Waals surface area contributed by atoms with E-state index in [0.717, 1.165) is 5.56 Å². The van der Waals surface area contributed by atoms with Crippen molar-refractivity contribution in [1.29, 1.82) is 0 Å². The van der Waals surface area contributed by atoms with E-state index in [1.165, 1.54) is 4.90 Å². The van der Waals surface area contributed by atoms with E-state index in [2.05, 4.69) is 10.5 Å². The minimum absolute atomic E-state index is 0.148. The van der Waals surface area contributed by atoms with Crippen molar-refractivity contribution in [2.45, 2.75) is 6.54 Å². The number of benzene rings is 1. The first-order valence-electron chi connectivity index (χ1n) is 6.36. The first-order valence-corrected chi connectivity index (χ1v) is 6.36. The Balaban J connectivity index is 2.15. The lowest BCUT2D eigenvalue weighted by Gasteiger charge is -2.07. The van der Waals surface area contributed by atoms with Gasteiger partial charge in [0.05, 0.1) is 6.54 Å². The van der Waals surface area contributed by atoms with Crippen molar-refractivity contribution in [3.05, 3.63) is 53.3 Å². The summed E-state index contributed by atoms with van der Waals surface area (Å²) < 4.78 is 1.65. The van der Waals surface area contributed by atoms with Gasteiger partial charge in [-0.3, -0.25) is 19.7 Å². The van der Waals surface area contributed by atoms with Crippen LogP contribution in [-0.4, -0.2) is 40.6 Å². The van der Waals surface area contributed by atoms with Crippen LogP contribution in [0.1, 0.15) is 26.4 Å². The zero-order valence-electron chi connectivity index (χ0n) is 11.9. The molecule has 21 heavy (non-hydrogen) atoms. The predicted octanol–water partition coefficient (Wildman–Crippen LogP) is 0.237. The van der Waals surface area contributed by atoms with Gasteiger partial charge in [-0.15, -0.1) is 0 Å². The summed E-state index contributed by atoms with van der Waals surface area (Å²) in [5, 5.41) is 4.22. The van der Waals surface area contributed by atoms with E-state index in [-0.39, 0.29) is 11.8 Å². The van der Waals surface area contributed by atoms with Crippen molar-refractivity contribution in [3.63, 3.8) is 0 Å². The van der Waals surface area contributed by atoms with Crippen molar-refractivity contribution in [1.82, 2.24) is 20.1 Å². The molecule has 0 fully saturated rings. The molecule has 2 rings (SSSR count). The van der Waals surface area contributed by atoms with E-state index in [4.69, 9.17) is 5.84 Å². The maximum absolute atomic E-state index is 11.8. The second kappa shape index (κ2) is 6.19. The average Bonchev–Trinajstić information content (AvgIpc) is 2.94. The lowest BCUT2D eigenvalue weighted by molar-refractivity contribution is 0.0820. The lowest BCUT2D eigenvalue weighted by atomic mass is 10.1. The monoisotopic (exact) mass is 287 g/mol. The highest BCUT2D eigenvalue weighted by atomic mass is 16.2. The molecular formula is C14H17N5O2. The third-order valence-electron chi connectivity index (χ3n) is 2.93. The van der Waals surface area contributed by atoms with Gasteiger partial charge in [-0.25, -0.2) is 5.84 Å². The van der Waals surface area contributed by atoms with Crippen LogP contribution >= 0.6 is 0 Å². The average molecular weight is 287 g/mol. The van der Waals surface area contributed by atoms with Crippen LogP contribution in [0.25, 0.3) is 0 Å². The number of aromatic nitrogens is 2. The molecule has 0 atom stereocenters. The van der Waals surface area contributed by atoms with Crippen LogP contribution in [0.15, 0.2) is 36.5 Å². The number of nitrogens with one attached hydrogen (secondary N) is 1. The molecule has 0 spiro atoms. The molecule has 3 N–H and O–H groups in total. The highest BCUT2D eigenvalue weighted by Crippen LogP contribution is 2.08. The Bertz CT molecular complexity index is 663. The van der Waals surface area contributed by atoms with Gasteiger partial charge in [-0.2, -0.15) is 5.10 Å². The van der Waals surface area contributed by atoms with Crippen molar-refractivity contribution >= 4 is 11.8 Å². The second-order valence-corrected chi connectivity index (χ2v) is 4.77. The molecule has 0 aliphatic rings. The minimum atomic E-state index is -0.346. The third-order valence-corrected chi connectivity index (χ3v) is 2.93. The zero-order chi connectivity index (χ0) is 15.4. The summed E-state index contributed by atoms with van der Waals surface area (Å²) in [5.74, 6) is 4.62. The number of rotatable bonds is 4. The van der Waals surface area contributed by atoms with Crippen LogP contribution < -0.4 is 11.3 Å². The van der Waals surface area contributed by atoms with Gasteiger partial charge >= 0.3 is 0 Å². The number of hydrogen-bond donors (Lipinski definition) is 2. The summed E-state index contributed by atoms with van der Waals surface area (Å²) in [7, 11) is 3.35. The van der Waals surface area contributed by atoms with Crippen LogP contribution in [0, 0.1) is 0 Å². The fraction of sp³-hybridized carbons (Fsp3) is 0.214. The van der Waals surface area contributed by atoms with Crippen LogP contribution in [0.2, 0.25) is 0 Å². The van der Waals surface area contributed by atoms with Crippen molar-refractivity contribution < 1.29 is 9.59 Å².